The smallest absolute Gasteiger partial charge is 0.254 e. The van der Waals surface area contributed by atoms with Crippen LogP contribution in [-0.4, -0.2) is 53.9 Å². The maximum absolute atomic E-state index is 12.9. The van der Waals surface area contributed by atoms with Gasteiger partial charge in [0.05, 0.1) is 13.2 Å². The molecule has 32 heavy (non-hydrogen) atoms. The number of rotatable bonds is 3. The van der Waals surface area contributed by atoms with Gasteiger partial charge in [-0.3, -0.25) is 4.79 Å². The highest BCUT2D eigenvalue weighted by molar-refractivity contribution is 5.99. The maximum atomic E-state index is 12.9. The van der Waals surface area contributed by atoms with Crippen LogP contribution >= 0.6 is 0 Å². The number of nitrogens with one attached hydrogen (secondary N) is 1. The largest absolute Gasteiger partial charge is 0.454 e. The lowest BCUT2D eigenvalue weighted by Crippen LogP contribution is -2.40. The molecule has 7 heteroatoms. The molecule has 0 aliphatic carbocycles. The molecule has 4 heterocycles. The van der Waals surface area contributed by atoms with E-state index in [1.54, 1.807) is 0 Å². The molecule has 1 saturated heterocycles. The number of aromatic amines is 1. The van der Waals surface area contributed by atoms with Crippen LogP contribution < -0.4 is 9.47 Å². The molecule has 0 unspecified atom stereocenters. The minimum absolute atomic E-state index is 0.0310. The Labute approximate surface area is 184 Å². The first-order valence-electron chi connectivity index (χ1n) is 10.6. The van der Waals surface area contributed by atoms with Gasteiger partial charge in [0, 0.05) is 53.1 Å². The van der Waals surface area contributed by atoms with E-state index in [1.807, 2.05) is 59.8 Å². The number of H-pyrrole nitrogens is 1. The molecule has 0 atom stereocenters. The Bertz CT molecular complexity index is 1320. The number of hydrogen-bond donors (Lipinski definition) is 1. The van der Waals surface area contributed by atoms with Crippen LogP contribution in [0, 0.1) is 0 Å². The lowest BCUT2D eigenvalue weighted by Gasteiger charge is -2.27. The van der Waals surface area contributed by atoms with Crippen LogP contribution in [-0.2, 0) is 4.74 Å². The third-order valence-corrected chi connectivity index (χ3v) is 5.96. The van der Waals surface area contributed by atoms with Gasteiger partial charge in [0.15, 0.2) is 11.5 Å². The first-order valence-corrected chi connectivity index (χ1v) is 10.6. The van der Waals surface area contributed by atoms with Crippen molar-refractivity contribution in [3.63, 3.8) is 0 Å². The molecule has 2 aliphatic rings. The number of nitrogens with zero attached hydrogens (tertiary/aromatic N) is 2. The van der Waals surface area contributed by atoms with Gasteiger partial charge in [0.2, 0.25) is 6.79 Å². The summed E-state index contributed by atoms with van der Waals surface area (Å²) in [6, 6.07) is 15.7. The first kappa shape index (κ1) is 18.9. The van der Waals surface area contributed by atoms with E-state index in [0.717, 1.165) is 44.8 Å². The Kier molecular flexibility index (Phi) is 4.54. The highest BCUT2D eigenvalue weighted by Crippen LogP contribution is 2.43. The van der Waals surface area contributed by atoms with Gasteiger partial charge < -0.3 is 24.1 Å². The highest BCUT2D eigenvalue weighted by Gasteiger charge is 2.21. The molecular formula is C25H21N3O4. The number of carbonyl (C=O) groups excluding carboxylic acids is 1. The molecule has 0 spiro atoms. The predicted molar refractivity (Wildman–Crippen MR) is 120 cm³/mol. The third-order valence-electron chi connectivity index (χ3n) is 5.96. The number of fused-ring (bicyclic) bond motifs is 2. The summed E-state index contributed by atoms with van der Waals surface area (Å²) in [7, 11) is 0. The zero-order valence-electron chi connectivity index (χ0n) is 17.3. The molecule has 0 saturated carbocycles. The topological polar surface area (TPSA) is 76.7 Å². The molecular weight excluding hydrogens is 406 g/mol. The molecule has 2 aromatic carbocycles. The van der Waals surface area contributed by atoms with Crippen molar-refractivity contribution in [2.45, 2.75) is 0 Å². The van der Waals surface area contributed by atoms with Crippen molar-refractivity contribution in [1.82, 2.24) is 14.9 Å². The zero-order chi connectivity index (χ0) is 21.5. The number of carbonyl (C=O) groups is 1. The van der Waals surface area contributed by atoms with Gasteiger partial charge in [-0.2, -0.15) is 0 Å². The fraction of sp³-hybridized carbons (Fsp3) is 0.200. The molecule has 2 aliphatic heterocycles. The van der Waals surface area contributed by atoms with Crippen LogP contribution in [0.4, 0.5) is 0 Å². The van der Waals surface area contributed by atoms with Gasteiger partial charge in [-0.1, -0.05) is 24.3 Å². The molecule has 6 rings (SSSR count). The standard InChI is InChI=1S/C25H21N3O4/c29-25(28-7-9-30-10-8-28)17-4-1-3-16(11-17)18-12-20-21(14-27-24(20)26-13-18)19-5-2-6-22-23(19)32-15-31-22/h1-6,11-14H,7-10,15H2,(H,26,27). The van der Waals surface area contributed by atoms with Crippen LogP contribution in [0.3, 0.4) is 0 Å². The average molecular weight is 427 g/mol. The quantitative estimate of drug-likeness (QED) is 0.533. The SMILES string of the molecule is O=C(c1cccc(-c2cnc3[nH]cc(-c4cccc5c4OCO5)c3c2)c1)N1CCOCC1. The molecule has 4 aromatic rings. The lowest BCUT2D eigenvalue weighted by molar-refractivity contribution is 0.0303. The Morgan fingerprint density at radius 3 is 2.75 bits per heavy atom. The normalized spacial score (nSPS) is 15.3. The van der Waals surface area contributed by atoms with Crippen molar-refractivity contribution in [1.29, 1.82) is 0 Å². The second-order valence-corrected chi connectivity index (χ2v) is 7.85. The van der Waals surface area contributed by atoms with E-state index in [2.05, 4.69) is 16.0 Å². The van der Waals surface area contributed by atoms with E-state index in [1.165, 1.54) is 0 Å². The van der Waals surface area contributed by atoms with Crippen LogP contribution in [0.25, 0.3) is 33.3 Å². The van der Waals surface area contributed by atoms with Crippen molar-refractivity contribution in [2.24, 2.45) is 0 Å². The Balaban J connectivity index is 1.39. The molecule has 160 valence electrons. The van der Waals surface area contributed by atoms with Crippen molar-refractivity contribution in [2.75, 3.05) is 33.1 Å². The van der Waals surface area contributed by atoms with Crippen LogP contribution in [0.1, 0.15) is 10.4 Å². The summed E-state index contributed by atoms with van der Waals surface area (Å²) in [5, 5.41) is 0.983. The zero-order valence-corrected chi connectivity index (χ0v) is 17.3. The van der Waals surface area contributed by atoms with Crippen molar-refractivity contribution in [3.05, 3.63) is 66.5 Å². The molecule has 1 N–H and O–H groups in total. The van der Waals surface area contributed by atoms with Crippen LogP contribution in [0.5, 0.6) is 11.5 Å². The summed E-state index contributed by atoms with van der Waals surface area (Å²) < 4.78 is 16.6. The molecule has 0 radical (unpaired) electrons. The fourth-order valence-corrected chi connectivity index (χ4v) is 4.31. The molecule has 1 fully saturated rings. The van der Waals surface area contributed by atoms with Gasteiger partial charge in [0.1, 0.15) is 5.65 Å². The average Bonchev–Trinajstić information content (AvgIpc) is 3.51. The Morgan fingerprint density at radius 2 is 1.84 bits per heavy atom. The third kappa shape index (κ3) is 3.18. The Morgan fingerprint density at radius 1 is 0.969 bits per heavy atom. The minimum Gasteiger partial charge on any atom is -0.454 e. The van der Waals surface area contributed by atoms with E-state index in [4.69, 9.17) is 14.2 Å². The maximum Gasteiger partial charge on any atom is 0.254 e. The van der Waals surface area contributed by atoms with Gasteiger partial charge in [-0.25, -0.2) is 4.98 Å². The van der Waals surface area contributed by atoms with E-state index < -0.39 is 0 Å². The first-order chi connectivity index (χ1) is 15.8. The van der Waals surface area contributed by atoms with Crippen molar-refractivity contribution >= 4 is 16.9 Å². The van der Waals surface area contributed by atoms with Crippen LogP contribution in [0.2, 0.25) is 0 Å². The monoisotopic (exact) mass is 427 g/mol. The predicted octanol–water partition coefficient (Wildman–Crippen LogP) is 4.10. The number of benzene rings is 2. The number of para-hydroxylation sites is 1. The number of aromatic nitrogens is 2. The molecule has 7 nitrogen and oxygen atoms in total. The second-order valence-electron chi connectivity index (χ2n) is 7.85. The highest BCUT2D eigenvalue weighted by atomic mass is 16.7. The fourth-order valence-electron chi connectivity index (χ4n) is 4.31. The number of morpholine rings is 1. The summed E-state index contributed by atoms with van der Waals surface area (Å²) in [6.07, 6.45) is 3.77. The summed E-state index contributed by atoms with van der Waals surface area (Å²) >= 11 is 0. The minimum atomic E-state index is 0.0310. The van der Waals surface area contributed by atoms with E-state index in [0.29, 0.717) is 31.9 Å². The van der Waals surface area contributed by atoms with Crippen molar-refractivity contribution < 1.29 is 19.0 Å². The van der Waals surface area contributed by atoms with Gasteiger partial charge in [-0.05, 0) is 29.8 Å². The van der Waals surface area contributed by atoms with E-state index >= 15 is 0 Å². The van der Waals surface area contributed by atoms with E-state index in [9.17, 15) is 4.79 Å². The molecule has 2 aromatic heterocycles. The molecule has 0 bridgehead atoms. The number of hydrogen-bond acceptors (Lipinski definition) is 5. The van der Waals surface area contributed by atoms with Gasteiger partial charge >= 0.3 is 0 Å². The number of ether oxygens (including phenoxy) is 3. The summed E-state index contributed by atoms with van der Waals surface area (Å²) in [5.41, 5.74) is 5.31. The lowest BCUT2D eigenvalue weighted by atomic mass is 10.00. The summed E-state index contributed by atoms with van der Waals surface area (Å²) in [4.78, 5) is 22.6. The number of pyridine rings is 1. The van der Waals surface area contributed by atoms with Crippen molar-refractivity contribution in [3.8, 4) is 33.8 Å². The van der Waals surface area contributed by atoms with Gasteiger partial charge in [0.25, 0.3) is 5.91 Å². The number of amides is 1. The van der Waals surface area contributed by atoms with Gasteiger partial charge in [-0.15, -0.1) is 0 Å². The summed E-state index contributed by atoms with van der Waals surface area (Å²) in [5.74, 6) is 1.52. The van der Waals surface area contributed by atoms with E-state index in [-0.39, 0.29) is 12.7 Å². The van der Waals surface area contributed by atoms with Crippen LogP contribution in [0.15, 0.2) is 60.9 Å². The second kappa shape index (κ2) is 7.69. The Hall–Kier alpha value is -3.84. The molecule has 1 amide bonds. The summed E-state index contributed by atoms with van der Waals surface area (Å²) in [6.45, 7) is 2.63.